The zero-order valence-electron chi connectivity index (χ0n) is 12.6. The summed E-state index contributed by atoms with van der Waals surface area (Å²) in [5.74, 6) is -0.222. The van der Waals surface area contributed by atoms with Crippen molar-refractivity contribution in [3.63, 3.8) is 0 Å². The average Bonchev–Trinajstić information content (AvgIpc) is 3.05. The van der Waals surface area contributed by atoms with Crippen LogP contribution in [0.25, 0.3) is 11.3 Å². The molecule has 4 nitrogen and oxygen atoms in total. The van der Waals surface area contributed by atoms with Crippen molar-refractivity contribution in [1.29, 1.82) is 0 Å². The maximum atomic E-state index is 13.7. The van der Waals surface area contributed by atoms with Gasteiger partial charge in [0.05, 0.1) is 17.6 Å². The lowest BCUT2D eigenvalue weighted by molar-refractivity contribution is -0.113. The number of carbonyl (C=O) groups excluding carboxylic acids is 1. The fraction of sp³-hybridized carbons (Fsp3) is 0.0588. The van der Waals surface area contributed by atoms with Crippen LogP contribution in [0.5, 0.6) is 0 Å². The van der Waals surface area contributed by atoms with Gasteiger partial charge < -0.3 is 9.73 Å². The first-order valence-corrected chi connectivity index (χ1v) is 9.26. The highest BCUT2D eigenvalue weighted by Crippen LogP contribution is 2.26. The molecule has 0 radical (unpaired) electrons. The number of aromatic nitrogens is 1. The molecule has 0 atom stereocenters. The highest BCUT2D eigenvalue weighted by molar-refractivity contribution is 9.10. The molecule has 25 heavy (non-hydrogen) atoms. The molecule has 0 aliphatic carbocycles. The van der Waals surface area contributed by atoms with Crippen LogP contribution < -0.4 is 5.32 Å². The van der Waals surface area contributed by atoms with Crippen molar-refractivity contribution in [3.05, 3.63) is 64.0 Å². The lowest BCUT2D eigenvalue weighted by Gasteiger charge is -2.05. The summed E-state index contributed by atoms with van der Waals surface area (Å²) in [7, 11) is 0. The Morgan fingerprint density at radius 2 is 2.04 bits per heavy atom. The molecule has 0 spiro atoms. The van der Waals surface area contributed by atoms with Crippen molar-refractivity contribution >= 4 is 50.9 Å². The van der Waals surface area contributed by atoms with Crippen LogP contribution in [0.15, 0.2) is 62.8 Å². The summed E-state index contributed by atoms with van der Waals surface area (Å²) in [5, 5.41) is 3.50. The maximum Gasteiger partial charge on any atom is 0.256 e. The lowest BCUT2D eigenvalue weighted by atomic mass is 10.2. The van der Waals surface area contributed by atoms with Crippen molar-refractivity contribution in [2.24, 2.45) is 0 Å². The second kappa shape index (κ2) is 8.03. The van der Waals surface area contributed by atoms with Crippen molar-refractivity contribution in [2.45, 2.75) is 5.22 Å². The van der Waals surface area contributed by atoms with Crippen LogP contribution in [-0.2, 0) is 4.79 Å². The van der Waals surface area contributed by atoms with Crippen molar-refractivity contribution in [2.75, 3.05) is 11.1 Å². The number of halogens is 3. The van der Waals surface area contributed by atoms with Crippen LogP contribution in [0.3, 0.4) is 0 Å². The van der Waals surface area contributed by atoms with Gasteiger partial charge in [0.25, 0.3) is 5.22 Å². The summed E-state index contributed by atoms with van der Waals surface area (Å²) in [6.07, 6.45) is 1.58. The van der Waals surface area contributed by atoms with E-state index in [4.69, 9.17) is 16.0 Å². The fourth-order valence-corrected chi connectivity index (χ4v) is 3.04. The molecule has 1 aromatic heterocycles. The SMILES string of the molecule is O=C(CSc1ncc(-c2ccc(Cl)cc2)o1)Nc1ccc(Br)cc1F. The van der Waals surface area contributed by atoms with Gasteiger partial charge in [-0.15, -0.1) is 0 Å². The van der Waals surface area contributed by atoms with Crippen LogP contribution in [-0.4, -0.2) is 16.6 Å². The minimum atomic E-state index is -0.506. The van der Waals surface area contributed by atoms with Gasteiger partial charge in [0, 0.05) is 15.1 Å². The summed E-state index contributed by atoms with van der Waals surface area (Å²) in [5.41, 5.74) is 0.966. The van der Waals surface area contributed by atoms with Gasteiger partial charge in [-0.3, -0.25) is 4.79 Å². The number of benzene rings is 2. The third-order valence-electron chi connectivity index (χ3n) is 3.15. The number of thioether (sulfide) groups is 1. The minimum Gasteiger partial charge on any atom is -0.431 e. The van der Waals surface area contributed by atoms with E-state index in [1.54, 1.807) is 24.4 Å². The lowest BCUT2D eigenvalue weighted by Crippen LogP contribution is -2.15. The van der Waals surface area contributed by atoms with Gasteiger partial charge in [0.2, 0.25) is 5.91 Å². The minimum absolute atomic E-state index is 0.0517. The van der Waals surface area contributed by atoms with Crippen LogP contribution in [0.1, 0.15) is 0 Å². The zero-order chi connectivity index (χ0) is 17.8. The molecule has 0 bridgehead atoms. The first-order valence-electron chi connectivity index (χ1n) is 7.11. The van der Waals surface area contributed by atoms with E-state index in [9.17, 15) is 9.18 Å². The van der Waals surface area contributed by atoms with Gasteiger partial charge in [-0.25, -0.2) is 9.37 Å². The Balaban J connectivity index is 1.58. The largest absolute Gasteiger partial charge is 0.431 e. The Labute approximate surface area is 160 Å². The molecule has 0 fully saturated rings. The van der Waals surface area contributed by atoms with Gasteiger partial charge in [0.1, 0.15) is 5.82 Å². The highest BCUT2D eigenvalue weighted by atomic mass is 79.9. The van der Waals surface area contributed by atoms with E-state index >= 15 is 0 Å². The second-order valence-corrected chi connectivity index (χ2v) is 7.24. The van der Waals surface area contributed by atoms with Crippen molar-refractivity contribution in [1.82, 2.24) is 4.98 Å². The third-order valence-corrected chi connectivity index (χ3v) is 4.73. The van der Waals surface area contributed by atoms with Gasteiger partial charge in [0.15, 0.2) is 5.76 Å². The number of hydrogen-bond acceptors (Lipinski definition) is 4. The molecule has 8 heteroatoms. The number of nitrogens with one attached hydrogen (secondary N) is 1. The molecule has 1 heterocycles. The number of oxazole rings is 1. The average molecular weight is 442 g/mol. The Morgan fingerprint density at radius 1 is 1.28 bits per heavy atom. The molecule has 128 valence electrons. The highest BCUT2D eigenvalue weighted by Gasteiger charge is 2.11. The number of rotatable bonds is 5. The van der Waals surface area contributed by atoms with E-state index in [0.29, 0.717) is 20.5 Å². The Hall–Kier alpha value is -1.83. The van der Waals surface area contributed by atoms with Crippen LogP contribution >= 0.6 is 39.3 Å². The molecule has 0 aliphatic heterocycles. The van der Waals surface area contributed by atoms with Gasteiger partial charge >= 0.3 is 0 Å². The predicted molar refractivity (Wildman–Crippen MR) is 100 cm³/mol. The molecule has 3 aromatic rings. The third kappa shape index (κ3) is 4.84. The summed E-state index contributed by atoms with van der Waals surface area (Å²) >= 11 is 10.1. The van der Waals surface area contributed by atoms with Crippen molar-refractivity contribution in [3.8, 4) is 11.3 Å². The topological polar surface area (TPSA) is 55.1 Å². The van der Waals surface area contributed by atoms with E-state index in [2.05, 4.69) is 26.2 Å². The second-order valence-electron chi connectivity index (χ2n) is 4.96. The van der Waals surface area contributed by atoms with Crippen LogP contribution in [0.2, 0.25) is 5.02 Å². The Bertz CT molecular complexity index is 902. The monoisotopic (exact) mass is 440 g/mol. The standard InChI is InChI=1S/C17H11BrClFN2O2S/c18-11-3-6-14(13(20)7-11)22-16(23)9-25-17-21-8-15(24-17)10-1-4-12(19)5-2-10/h1-8H,9H2,(H,22,23). The Kier molecular flexibility index (Phi) is 5.78. The molecule has 1 amide bonds. The summed E-state index contributed by atoms with van der Waals surface area (Å²) in [4.78, 5) is 16.1. The molecule has 2 aromatic carbocycles. The normalized spacial score (nSPS) is 10.7. The molecule has 1 N–H and O–H groups in total. The summed E-state index contributed by atoms with van der Waals surface area (Å²) in [6.45, 7) is 0. The van der Waals surface area contributed by atoms with E-state index in [1.807, 2.05) is 12.1 Å². The molecule has 0 unspecified atom stereocenters. The van der Waals surface area contributed by atoms with Gasteiger partial charge in [-0.1, -0.05) is 39.3 Å². The molecule has 3 rings (SSSR count). The van der Waals surface area contributed by atoms with Gasteiger partial charge in [-0.2, -0.15) is 0 Å². The zero-order valence-corrected chi connectivity index (χ0v) is 15.8. The first kappa shape index (κ1) is 18.0. The van der Waals surface area contributed by atoms with Crippen LogP contribution in [0, 0.1) is 5.82 Å². The first-order chi connectivity index (χ1) is 12.0. The number of nitrogens with zero attached hydrogens (tertiary/aromatic N) is 1. The fourth-order valence-electron chi connectivity index (χ4n) is 1.98. The Morgan fingerprint density at radius 3 is 2.76 bits per heavy atom. The summed E-state index contributed by atoms with van der Waals surface area (Å²) < 4.78 is 19.9. The predicted octanol–water partition coefficient (Wildman–Crippen LogP) is 5.63. The maximum absolute atomic E-state index is 13.7. The number of hydrogen-bond donors (Lipinski definition) is 1. The van der Waals surface area contributed by atoms with Crippen LogP contribution in [0.4, 0.5) is 10.1 Å². The number of amides is 1. The van der Waals surface area contributed by atoms with E-state index in [1.165, 1.54) is 12.1 Å². The molecule has 0 saturated carbocycles. The summed E-state index contributed by atoms with van der Waals surface area (Å²) in [6, 6.07) is 11.6. The molecular weight excluding hydrogens is 431 g/mol. The smallest absolute Gasteiger partial charge is 0.256 e. The quantitative estimate of drug-likeness (QED) is 0.522. The van der Waals surface area contributed by atoms with Gasteiger partial charge in [-0.05, 0) is 42.5 Å². The van der Waals surface area contributed by atoms with Crippen molar-refractivity contribution < 1.29 is 13.6 Å². The number of anilines is 1. The molecule has 0 saturated heterocycles. The number of carbonyl (C=O) groups is 1. The van der Waals surface area contributed by atoms with E-state index in [0.717, 1.165) is 17.3 Å². The van der Waals surface area contributed by atoms with E-state index in [-0.39, 0.29) is 17.3 Å². The molecule has 0 aliphatic rings. The molecular formula is C17H11BrClFN2O2S. The van der Waals surface area contributed by atoms with E-state index < -0.39 is 5.82 Å².